The second kappa shape index (κ2) is 6.36. The maximum absolute atomic E-state index is 13.5. The molecule has 0 aromatic heterocycles. The maximum atomic E-state index is 13.5. The Morgan fingerprint density at radius 2 is 1.94 bits per heavy atom. The molecule has 1 N–H and O–H groups in total. The second-order valence-electron chi connectivity index (χ2n) is 3.76. The lowest BCUT2D eigenvalue weighted by atomic mass is 10.2. The van der Waals surface area contributed by atoms with Crippen LogP contribution in [0.5, 0.6) is 0 Å². The van der Waals surface area contributed by atoms with Gasteiger partial charge in [-0.25, -0.2) is 4.39 Å². The van der Waals surface area contributed by atoms with Crippen molar-refractivity contribution in [3.05, 3.63) is 34.6 Å². The number of hydrogen-bond acceptors (Lipinski definition) is 2. The number of hydrogen-bond donors (Lipinski definition) is 1. The fraction of sp³-hybridized carbons (Fsp3) is 0.455. The molecule has 0 atom stereocenters. The third kappa shape index (κ3) is 4.80. The van der Waals surface area contributed by atoms with Gasteiger partial charge in [0.15, 0.2) is 0 Å². The lowest BCUT2D eigenvalue weighted by Gasteiger charge is -2.23. The molecule has 7 heteroatoms. The van der Waals surface area contributed by atoms with E-state index in [2.05, 4.69) is 0 Å². The number of alkyl halides is 3. The maximum Gasteiger partial charge on any atom is 0.401 e. The Bertz CT molecular complexity index is 397. The zero-order chi connectivity index (χ0) is 13.8. The summed E-state index contributed by atoms with van der Waals surface area (Å²) >= 11 is 5.54. The van der Waals surface area contributed by atoms with Crippen LogP contribution in [0.15, 0.2) is 18.2 Å². The molecule has 0 saturated carbocycles. The second-order valence-corrected chi connectivity index (χ2v) is 4.17. The largest absolute Gasteiger partial charge is 0.401 e. The van der Waals surface area contributed by atoms with Crippen molar-refractivity contribution in [2.45, 2.75) is 12.7 Å². The van der Waals surface area contributed by atoms with Gasteiger partial charge in [0.2, 0.25) is 0 Å². The van der Waals surface area contributed by atoms with Crippen LogP contribution in [0.4, 0.5) is 17.6 Å². The van der Waals surface area contributed by atoms with E-state index in [0.29, 0.717) is 0 Å². The van der Waals surface area contributed by atoms with Crippen LogP contribution in [0.2, 0.25) is 5.02 Å². The average Bonchev–Trinajstić information content (AvgIpc) is 2.23. The molecule has 0 unspecified atom stereocenters. The highest BCUT2D eigenvalue weighted by Crippen LogP contribution is 2.22. The predicted octanol–water partition coefficient (Wildman–Crippen LogP) is 2.84. The molecule has 1 rings (SSSR count). The summed E-state index contributed by atoms with van der Waals surface area (Å²) in [6.07, 6.45) is -4.40. The van der Waals surface area contributed by atoms with Crippen LogP contribution in [-0.4, -0.2) is 35.9 Å². The molecule has 1 aromatic rings. The van der Waals surface area contributed by atoms with Crippen LogP contribution in [0.3, 0.4) is 0 Å². The van der Waals surface area contributed by atoms with Gasteiger partial charge >= 0.3 is 6.18 Å². The first-order valence-corrected chi connectivity index (χ1v) is 5.54. The summed E-state index contributed by atoms with van der Waals surface area (Å²) in [4.78, 5) is 0.911. The fourth-order valence-corrected chi connectivity index (χ4v) is 1.71. The third-order valence-corrected chi connectivity index (χ3v) is 2.54. The van der Waals surface area contributed by atoms with Crippen LogP contribution in [-0.2, 0) is 6.54 Å². The molecule has 0 radical (unpaired) electrons. The minimum atomic E-state index is -4.40. The van der Waals surface area contributed by atoms with Gasteiger partial charge in [-0.1, -0.05) is 23.7 Å². The summed E-state index contributed by atoms with van der Waals surface area (Å²) in [7, 11) is 0. The minimum absolute atomic E-state index is 0.0696. The molecule has 0 spiro atoms. The Hall–Kier alpha value is -0.850. The van der Waals surface area contributed by atoms with Gasteiger partial charge in [-0.05, 0) is 6.07 Å². The van der Waals surface area contributed by atoms with Crippen LogP contribution in [0.1, 0.15) is 5.56 Å². The molecule has 0 bridgehead atoms. The Morgan fingerprint density at radius 1 is 1.28 bits per heavy atom. The molecular weight excluding hydrogens is 274 g/mol. The van der Waals surface area contributed by atoms with E-state index in [0.717, 1.165) is 4.90 Å². The minimum Gasteiger partial charge on any atom is -0.395 e. The van der Waals surface area contributed by atoms with Gasteiger partial charge in [0.05, 0.1) is 18.2 Å². The van der Waals surface area contributed by atoms with E-state index in [1.54, 1.807) is 0 Å². The average molecular weight is 286 g/mol. The first kappa shape index (κ1) is 15.2. The first-order chi connectivity index (χ1) is 8.33. The van der Waals surface area contributed by atoms with E-state index in [9.17, 15) is 17.6 Å². The van der Waals surface area contributed by atoms with E-state index >= 15 is 0 Å². The van der Waals surface area contributed by atoms with Crippen LogP contribution >= 0.6 is 11.6 Å². The van der Waals surface area contributed by atoms with Gasteiger partial charge in [0, 0.05) is 18.7 Å². The molecule has 0 saturated heterocycles. The molecule has 2 nitrogen and oxygen atoms in total. The molecule has 0 aliphatic heterocycles. The Morgan fingerprint density at radius 3 is 2.50 bits per heavy atom. The molecule has 0 aliphatic rings. The number of aliphatic hydroxyl groups is 1. The van der Waals surface area contributed by atoms with Crippen LogP contribution in [0, 0.1) is 5.82 Å². The summed E-state index contributed by atoms with van der Waals surface area (Å²) in [6, 6.07) is 4.15. The van der Waals surface area contributed by atoms with Gasteiger partial charge in [0.1, 0.15) is 5.82 Å². The van der Waals surface area contributed by atoms with Crippen LogP contribution < -0.4 is 0 Å². The summed E-state index contributed by atoms with van der Waals surface area (Å²) in [5.74, 6) is -0.732. The zero-order valence-corrected chi connectivity index (χ0v) is 10.1. The van der Waals surface area contributed by atoms with Gasteiger partial charge in [-0.2, -0.15) is 13.2 Å². The predicted molar refractivity (Wildman–Crippen MR) is 59.8 cm³/mol. The smallest absolute Gasteiger partial charge is 0.395 e. The number of benzene rings is 1. The van der Waals surface area contributed by atoms with Crippen molar-refractivity contribution >= 4 is 11.6 Å². The Kier molecular flexibility index (Phi) is 5.37. The number of nitrogens with zero attached hydrogens (tertiary/aromatic N) is 1. The van der Waals surface area contributed by atoms with E-state index in [-0.39, 0.29) is 23.7 Å². The van der Waals surface area contributed by atoms with Crippen molar-refractivity contribution in [2.24, 2.45) is 0 Å². The highest BCUT2D eigenvalue weighted by molar-refractivity contribution is 6.30. The van der Waals surface area contributed by atoms with E-state index in [1.165, 1.54) is 18.2 Å². The molecule has 102 valence electrons. The molecule has 1 aromatic carbocycles. The van der Waals surface area contributed by atoms with E-state index in [4.69, 9.17) is 16.7 Å². The van der Waals surface area contributed by atoms with E-state index in [1.807, 2.05) is 0 Å². The van der Waals surface area contributed by atoms with Crippen LogP contribution in [0.25, 0.3) is 0 Å². The standard InChI is InChI=1S/C11H12ClF4NO/c12-9-3-1-2-8(10(9)13)6-17(4-5-18)7-11(14,15)16/h1-3,18H,4-7H2. The SMILES string of the molecule is OCCN(Cc1cccc(Cl)c1F)CC(F)(F)F. The summed E-state index contributed by atoms with van der Waals surface area (Å²) in [6.45, 7) is -2.09. The highest BCUT2D eigenvalue weighted by Gasteiger charge is 2.30. The van der Waals surface area contributed by atoms with Gasteiger partial charge < -0.3 is 5.11 Å². The van der Waals surface area contributed by atoms with Gasteiger partial charge in [0.25, 0.3) is 0 Å². The number of halogens is 5. The summed E-state index contributed by atoms with van der Waals surface area (Å²) in [5, 5.41) is 8.57. The molecule has 0 aliphatic carbocycles. The lowest BCUT2D eigenvalue weighted by Crippen LogP contribution is -2.36. The summed E-state index contributed by atoms with van der Waals surface area (Å²) < 4.78 is 50.3. The number of rotatable bonds is 5. The van der Waals surface area contributed by atoms with Crippen molar-refractivity contribution in [1.82, 2.24) is 4.90 Å². The van der Waals surface area contributed by atoms with Crippen molar-refractivity contribution in [3.8, 4) is 0 Å². The van der Waals surface area contributed by atoms with Crippen molar-refractivity contribution in [2.75, 3.05) is 19.7 Å². The quantitative estimate of drug-likeness (QED) is 0.841. The topological polar surface area (TPSA) is 23.5 Å². The Labute approximate surface area is 107 Å². The van der Waals surface area contributed by atoms with Crippen molar-refractivity contribution in [1.29, 1.82) is 0 Å². The van der Waals surface area contributed by atoms with Gasteiger partial charge in [-0.15, -0.1) is 0 Å². The number of aliphatic hydroxyl groups excluding tert-OH is 1. The van der Waals surface area contributed by atoms with Crippen molar-refractivity contribution in [3.63, 3.8) is 0 Å². The van der Waals surface area contributed by atoms with E-state index < -0.39 is 25.1 Å². The molecule has 18 heavy (non-hydrogen) atoms. The highest BCUT2D eigenvalue weighted by atomic mass is 35.5. The lowest BCUT2D eigenvalue weighted by molar-refractivity contribution is -0.148. The molecule has 0 heterocycles. The third-order valence-electron chi connectivity index (χ3n) is 2.24. The molecular formula is C11H12ClF4NO. The normalized spacial score (nSPS) is 12.2. The summed E-state index contributed by atoms with van der Waals surface area (Å²) in [5.41, 5.74) is 0.0696. The van der Waals surface area contributed by atoms with Gasteiger partial charge in [-0.3, -0.25) is 4.90 Å². The monoisotopic (exact) mass is 285 g/mol. The first-order valence-electron chi connectivity index (χ1n) is 5.16. The zero-order valence-electron chi connectivity index (χ0n) is 9.34. The molecule has 0 fully saturated rings. The fourth-order valence-electron chi connectivity index (χ4n) is 1.52. The van der Waals surface area contributed by atoms with Crippen molar-refractivity contribution < 1.29 is 22.7 Å². The Balaban J connectivity index is 2.80. The molecule has 0 amide bonds.